The molecule has 1 aliphatic carbocycles. The van der Waals surface area contributed by atoms with E-state index in [1.54, 1.807) is 6.20 Å². The molecule has 2 unspecified atom stereocenters. The highest BCUT2D eigenvalue weighted by Gasteiger charge is 2.31. The molecule has 2 rings (SSSR count). The van der Waals surface area contributed by atoms with Gasteiger partial charge in [0.15, 0.2) is 0 Å². The van der Waals surface area contributed by atoms with Crippen LogP contribution in [0.15, 0.2) is 12.3 Å². The van der Waals surface area contributed by atoms with Gasteiger partial charge in [0.05, 0.1) is 6.10 Å². The summed E-state index contributed by atoms with van der Waals surface area (Å²) in [6, 6.07) is 2.07. The standard InChI is InChI=1S/C12H18F3N3O/c13-12(14,15)8-19-11-3-1-2-9(6-11)16-7-10-4-5-17-18-10/h4-5,9,11,16H,1-3,6-8H2,(H,17,18). The number of rotatable bonds is 5. The predicted octanol–water partition coefficient (Wildman–Crippen LogP) is 2.39. The van der Waals surface area contributed by atoms with E-state index in [1.807, 2.05) is 6.07 Å². The van der Waals surface area contributed by atoms with Crippen molar-refractivity contribution in [1.29, 1.82) is 0 Å². The van der Waals surface area contributed by atoms with Crippen molar-refractivity contribution < 1.29 is 17.9 Å². The summed E-state index contributed by atoms with van der Waals surface area (Å²) in [6.07, 6.45) is 0.337. The maximum Gasteiger partial charge on any atom is 0.411 e. The van der Waals surface area contributed by atoms with Crippen LogP contribution in [0.4, 0.5) is 13.2 Å². The molecule has 1 aromatic heterocycles. The fourth-order valence-electron chi connectivity index (χ4n) is 2.33. The molecule has 0 bridgehead atoms. The fourth-order valence-corrected chi connectivity index (χ4v) is 2.33. The lowest BCUT2D eigenvalue weighted by molar-refractivity contribution is -0.188. The lowest BCUT2D eigenvalue weighted by atomic mass is 9.93. The topological polar surface area (TPSA) is 49.9 Å². The highest BCUT2D eigenvalue weighted by molar-refractivity contribution is 4.97. The van der Waals surface area contributed by atoms with E-state index in [9.17, 15) is 13.2 Å². The van der Waals surface area contributed by atoms with Gasteiger partial charge < -0.3 is 10.1 Å². The van der Waals surface area contributed by atoms with Gasteiger partial charge >= 0.3 is 6.18 Å². The molecule has 0 aromatic carbocycles. The van der Waals surface area contributed by atoms with Crippen LogP contribution in [0.3, 0.4) is 0 Å². The van der Waals surface area contributed by atoms with E-state index in [0.29, 0.717) is 19.4 Å². The van der Waals surface area contributed by atoms with Crippen molar-refractivity contribution >= 4 is 0 Å². The summed E-state index contributed by atoms with van der Waals surface area (Å²) in [7, 11) is 0. The molecule has 0 amide bonds. The van der Waals surface area contributed by atoms with Crippen LogP contribution in [0.1, 0.15) is 31.4 Å². The van der Waals surface area contributed by atoms with Crippen LogP contribution in [-0.2, 0) is 11.3 Å². The molecule has 2 N–H and O–H groups in total. The van der Waals surface area contributed by atoms with Crippen LogP contribution in [0.25, 0.3) is 0 Å². The minimum atomic E-state index is -4.24. The zero-order chi connectivity index (χ0) is 13.7. The Bertz CT molecular complexity index is 367. The van der Waals surface area contributed by atoms with E-state index in [1.165, 1.54) is 0 Å². The Kier molecular flexibility index (Phi) is 4.81. The predicted molar refractivity (Wildman–Crippen MR) is 63.5 cm³/mol. The van der Waals surface area contributed by atoms with Crippen LogP contribution >= 0.6 is 0 Å². The Balaban J connectivity index is 1.71. The fraction of sp³-hybridized carbons (Fsp3) is 0.750. The summed E-state index contributed by atoms with van der Waals surface area (Å²) in [4.78, 5) is 0. The summed E-state index contributed by atoms with van der Waals surface area (Å²) in [6.45, 7) is -0.498. The third kappa shape index (κ3) is 5.20. The summed E-state index contributed by atoms with van der Waals surface area (Å²) >= 11 is 0. The van der Waals surface area contributed by atoms with Crippen molar-refractivity contribution in [2.24, 2.45) is 0 Å². The molecule has 1 aliphatic rings. The zero-order valence-corrected chi connectivity index (χ0v) is 10.5. The Hall–Kier alpha value is -1.08. The van der Waals surface area contributed by atoms with E-state index < -0.39 is 12.8 Å². The largest absolute Gasteiger partial charge is 0.411 e. The Morgan fingerprint density at radius 3 is 2.95 bits per heavy atom. The van der Waals surface area contributed by atoms with E-state index in [2.05, 4.69) is 15.5 Å². The van der Waals surface area contributed by atoms with Gasteiger partial charge in [0.1, 0.15) is 6.61 Å². The molecule has 1 fully saturated rings. The lowest BCUT2D eigenvalue weighted by Crippen LogP contribution is -2.37. The van der Waals surface area contributed by atoms with Crippen LogP contribution in [0.2, 0.25) is 0 Å². The van der Waals surface area contributed by atoms with Gasteiger partial charge in [-0.1, -0.05) is 0 Å². The monoisotopic (exact) mass is 277 g/mol. The molecule has 0 aliphatic heterocycles. The maximum atomic E-state index is 12.1. The lowest BCUT2D eigenvalue weighted by Gasteiger charge is -2.30. The minimum Gasteiger partial charge on any atom is -0.369 e. The minimum absolute atomic E-state index is 0.204. The number of aromatic nitrogens is 2. The second kappa shape index (κ2) is 6.38. The van der Waals surface area contributed by atoms with Crippen molar-refractivity contribution in [2.75, 3.05) is 6.61 Å². The van der Waals surface area contributed by atoms with Crippen molar-refractivity contribution in [3.63, 3.8) is 0 Å². The second-order valence-corrected chi connectivity index (χ2v) is 4.87. The Morgan fingerprint density at radius 2 is 2.26 bits per heavy atom. The molecule has 0 spiro atoms. The Labute approximate surface area is 109 Å². The van der Waals surface area contributed by atoms with E-state index in [0.717, 1.165) is 18.5 Å². The molecule has 0 saturated heterocycles. The van der Waals surface area contributed by atoms with E-state index in [-0.39, 0.29) is 12.1 Å². The molecule has 4 nitrogen and oxygen atoms in total. The van der Waals surface area contributed by atoms with Gasteiger partial charge in [-0.05, 0) is 31.7 Å². The first-order valence-electron chi connectivity index (χ1n) is 6.43. The summed E-state index contributed by atoms with van der Waals surface area (Å²) < 4.78 is 41.2. The number of nitrogens with zero attached hydrogens (tertiary/aromatic N) is 1. The zero-order valence-electron chi connectivity index (χ0n) is 10.5. The van der Waals surface area contributed by atoms with Crippen LogP contribution in [-0.4, -0.2) is 35.1 Å². The van der Waals surface area contributed by atoms with Gasteiger partial charge in [0, 0.05) is 24.5 Å². The van der Waals surface area contributed by atoms with Gasteiger partial charge in [0.2, 0.25) is 0 Å². The molecule has 1 aromatic rings. The second-order valence-electron chi connectivity index (χ2n) is 4.87. The van der Waals surface area contributed by atoms with Gasteiger partial charge in [-0.25, -0.2) is 0 Å². The molecule has 1 heterocycles. The quantitative estimate of drug-likeness (QED) is 0.869. The normalized spacial score (nSPS) is 24.6. The van der Waals surface area contributed by atoms with Crippen LogP contribution in [0.5, 0.6) is 0 Å². The number of ether oxygens (including phenoxy) is 1. The number of H-pyrrole nitrogens is 1. The summed E-state index contributed by atoms with van der Waals surface area (Å²) in [5, 5.41) is 10.0. The van der Waals surface area contributed by atoms with Crippen molar-refractivity contribution in [3.05, 3.63) is 18.0 Å². The number of hydrogen-bond acceptors (Lipinski definition) is 3. The first-order valence-corrected chi connectivity index (χ1v) is 6.43. The molecule has 108 valence electrons. The molecule has 2 atom stereocenters. The molecule has 0 radical (unpaired) electrons. The molecule has 19 heavy (non-hydrogen) atoms. The summed E-state index contributed by atoms with van der Waals surface area (Å²) in [5.74, 6) is 0. The highest BCUT2D eigenvalue weighted by atomic mass is 19.4. The SMILES string of the molecule is FC(F)(F)COC1CCCC(NCc2ccn[nH]2)C1. The van der Waals surface area contributed by atoms with Crippen LogP contribution in [0, 0.1) is 0 Å². The van der Waals surface area contributed by atoms with E-state index >= 15 is 0 Å². The molecule has 1 saturated carbocycles. The maximum absolute atomic E-state index is 12.1. The van der Waals surface area contributed by atoms with Gasteiger partial charge in [-0.3, -0.25) is 5.10 Å². The van der Waals surface area contributed by atoms with Gasteiger partial charge in [-0.15, -0.1) is 0 Å². The van der Waals surface area contributed by atoms with Crippen molar-refractivity contribution in [1.82, 2.24) is 15.5 Å². The number of aromatic amines is 1. The van der Waals surface area contributed by atoms with Crippen molar-refractivity contribution in [3.8, 4) is 0 Å². The summed E-state index contributed by atoms with van der Waals surface area (Å²) in [5.41, 5.74) is 0.971. The average molecular weight is 277 g/mol. The highest BCUT2D eigenvalue weighted by Crippen LogP contribution is 2.24. The molecular formula is C12H18F3N3O. The first kappa shape index (κ1) is 14.3. The van der Waals surface area contributed by atoms with E-state index in [4.69, 9.17) is 4.74 Å². The van der Waals surface area contributed by atoms with Gasteiger partial charge in [0.25, 0.3) is 0 Å². The number of alkyl halides is 3. The van der Waals surface area contributed by atoms with Crippen LogP contribution < -0.4 is 5.32 Å². The number of nitrogens with one attached hydrogen (secondary N) is 2. The number of hydrogen-bond donors (Lipinski definition) is 2. The molecular weight excluding hydrogens is 259 g/mol. The van der Waals surface area contributed by atoms with Gasteiger partial charge in [-0.2, -0.15) is 18.3 Å². The van der Waals surface area contributed by atoms with Crippen molar-refractivity contribution in [2.45, 2.75) is 50.6 Å². The average Bonchev–Trinajstić information content (AvgIpc) is 2.87. The number of halogens is 3. The molecule has 7 heteroatoms. The third-order valence-electron chi connectivity index (χ3n) is 3.25. The Morgan fingerprint density at radius 1 is 1.42 bits per heavy atom. The smallest absolute Gasteiger partial charge is 0.369 e. The first-order chi connectivity index (χ1) is 9.03. The third-order valence-corrected chi connectivity index (χ3v) is 3.25.